The maximum atomic E-state index is 12.3. The van der Waals surface area contributed by atoms with Crippen LogP contribution in [0.4, 0.5) is 5.69 Å². The molecule has 5 nitrogen and oxygen atoms in total. The number of aromatic amines is 1. The quantitative estimate of drug-likeness (QED) is 0.874. The first kappa shape index (κ1) is 14.3. The van der Waals surface area contributed by atoms with Gasteiger partial charge in [0.25, 0.3) is 5.56 Å². The van der Waals surface area contributed by atoms with Crippen LogP contribution in [0.2, 0.25) is 0 Å². The number of hydrogen-bond donors (Lipinski definition) is 1. The van der Waals surface area contributed by atoms with Crippen LogP contribution >= 0.6 is 0 Å². The second-order valence-corrected chi connectivity index (χ2v) is 6.99. The van der Waals surface area contributed by atoms with E-state index in [4.69, 9.17) is 0 Å². The Kier molecular flexibility index (Phi) is 3.17. The Morgan fingerprint density at radius 2 is 1.91 bits per heavy atom. The number of piperidine rings is 1. The Hall–Kier alpha value is -2.32. The molecule has 0 saturated carbocycles. The second kappa shape index (κ2) is 5.10. The van der Waals surface area contributed by atoms with Gasteiger partial charge in [-0.2, -0.15) is 5.26 Å². The van der Waals surface area contributed by atoms with Crippen LogP contribution in [0.15, 0.2) is 29.1 Å². The molecule has 3 heterocycles. The maximum absolute atomic E-state index is 12.3. The van der Waals surface area contributed by atoms with Gasteiger partial charge in [-0.05, 0) is 31.4 Å². The first-order valence-corrected chi connectivity index (χ1v) is 8.11. The van der Waals surface area contributed by atoms with E-state index < -0.39 is 0 Å². The van der Waals surface area contributed by atoms with Crippen LogP contribution in [0.3, 0.4) is 0 Å². The minimum Gasteiger partial charge on any atom is -0.370 e. The van der Waals surface area contributed by atoms with Gasteiger partial charge in [-0.15, -0.1) is 0 Å². The molecule has 0 aliphatic carbocycles. The molecular formula is C18H20N4O. The molecule has 118 valence electrons. The van der Waals surface area contributed by atoms with Crippen LogP contribution in [0.25, 0.3) is 10.9 Å². The van der Waals surface area contributed by atoms with E-state index >= 15 is 0 Å². The first-order valence-electron chi connectivity index (χ1n) is 8.11. The normalized spacial score (nSPS) is 20.4. The van der Waals surface area contributed by atoms with Gasteiger partial charge < -0.3 is 14.8 Å². The number of H-pyrrole nitrogens is 1. The summed E-state index contributed by atoms with van der Waals surface area (Å²) in [5.41, 5.74) is 2.02. The number of hydrogen-bond acceptors (Lipinski definition) is 4. The fourth-order valence-corrected chi connectivity index (χ4v) is 4.28. The minimum absolute atomic E-state index is 0.241. The molecule has 2 aliphatic heterocycles. The fourth-order valence-electron chi connectivity index (χ4n) is 4.28. The summed E-state index contributed by atoms with van der Waals surface area (Å²) >= 11 is 0. The zero-order valence-corrected chi connectivity index (χ0v) is 13.3. The van der Waals surface area contributed by atoms with Gasteiger partial charge in [0, 0.05) is 31.6 Å². The van der Waals surface area contributed by atoms with Crippen molar-refractivity contribution >= 4 is 16.6 Å². The van der Waals surface area contributed by atoms with Crippen molar-refractivity contribution in [3.63, 3.8) is 0 Å². The van der Waals surface area contributed by atoms with Crippen molar-refractivity contribution in [3.05, 3.63) is 40.2 Å². The molecule has 0 bridgehead atoms. The lowest BCUT2D eigenvalue weighted by atomic mass is 9.72. The molecule has 1 N–H and O–H groups in total. The van der Waals surface area contributed by atoms with E-state index in [-0.39, 0.29) is 11.1 Å². The predicted octanol–water partition coefficient (Wildman–Crippen LogP) is 1.93. The predicted molar refractivity (Wildman–Crippen MR) is 90.7 cm³/mol. The summed E-state index contributed by atoms with van der Waals surface area (Å²) in [6.07, 6.45) is 2.26. The van der Waals surface area contributed by atoms with E-state index in [1.165, 1.54) is 13.1 Å². The summed E-state index contributed by atoms with van der Waals surface area (Å²) < 4.78 is 0. The molecule has 5 heteroatoms. The van der Waals surface area contributed by atoms with Crippen LogP contribution < -0.4 is 10.5 Å². The van der Waals surface area contributed by atoms with Gasteiger partial charge in [0.2, 0.25) is 0 Å². The Morgan fingerprint density at radius 1 is 1.22 bits per heavy atom. The van der Waals surface area contributed by atoms with E-state index in [1.54, 1.807) is 0 Å². The molecule has 1 aromatic heterocycles. The highest BCUT2D eigenvalue weighted by Gasteiger charge is 2.43. The fraction of sp³-hybridized carbons (Fsp3) is 0.444. The summed E-state index contributed by atoms with van der Waals surface area (Å²) in [5, 5.41) is 10.4. The number of aromatic nitrogens is 1. The van der Waals surface area contributed by atoms with E-state index in [2.05, 4.69) is 27.9 Å². The number of benzene rings is 1. The lowest BCUT2D eigenvalue weighted by Gasteiger charge is -2.53. The third-order valence-corrected chi connectivity index (χ3v) is 5.36. The van der Waals surface area contributed by atoms with E-state index in [1.807, 2.05) is 24.3 Å². The number of fused-ring (bicyclic) bond motifs is 1. The van der Waals surface area contributed by atoms with Crippen LogP contribution in [0.5, 0.6) is 0 Å². The molecule has 23 heavy (non-hydrogen) atoms. The molecule has 2 fully saturated rings. The Balaban J connectivity index is 1.74. The third-order valence-electron chi connectivity index (χ3n) is 5.36. The molecule has 4 rings (SSSR count). The number of nitriles is 1. The van der Waals surface area contributed by atoms with E-state index in [0.717, 1.165) is 42.5 Å². The minimum atomic E-state index is -0.287. The summed E-state index contributed by atoms with van der Waals surface area (Å²) in [7, 11) is 2.16. The number of likely N-dealkylation sites (tertiary alicyclic amines) is 1. The number of nitrogens with zero attached hydrogens (tertiary/aromatic N) is 3. The molecular weight excluding hydrogens is 288 g/mol. The number of rotatable bonds is 1. The van der Waals surface area contributed by atoms with Crippen LogP contribution in [-0.2, 0) is 0 Å². The number of para-hydroxylation sites is 1. The Bertz CT molecular complexity index is 847. The molecule has 2 saturated heterocycles. The summed E-state index contributed by atoms with van der Waals surface area (Å²) in [6, 6.07) is 9.86. The van der Waals surface area contributed by atoms with Crippen molar-refractivity contribution in [2.75, 3.05) is 38.1 Å². The molecule has 0 atom stereocenters. The van der Waals surface area contributed by atoms with E-state index in [0.29, 0.717) is 5.41 Å². The van der Waals surface area contributed by atoms with Gasteiger partial charge in [-0.1, -0.05) is 18.2 Å². The molecule has 1 aromatic carbocycles. The van der Waals surface area contributed by atoms with Gasteiger partial charge in [-0.25, -0.2) is 0 Å². The largest absolute Gasteiger partial charge is 0.370 e. The van der Waals surface area contributed by atoms with Crippen LogP contribution in [0, 0.1) is 16.7 Å². The lowest BCUT2D eigenvalue weighted by Crippen LogP contribution is -2.58. The second-order valence-electron chi connectivity index (χ2n) is 6.99. The smallest absolute Gasteiger partial charge is 0.268 e. The summed E-state index contributed by atoms with van der Waals surface area (Å²) in [4.78, 5) is 19.7. The van der Waals surface area contributed by atoms with Crippen LogP contribution in [-0.4, -0.2) is 43.1 Å². The number of nitrogens with one attached hydrogen (secondary N) is 1. The van der Waals surface area contributed by atoms with Gasteiger partial charge in [0.15, 0.2) is 0 Å². The third kappa shape index (κ3) is 2.22. The topological polar surface area (TPSA) is 63.1 Å². The zero-order chi connectivity index (χ0) is 16.0. The Labute approximate surface area is 135 Å². The average molecular weight is 308 g/mol. The summed E-state index contributed by atoms with van der Waals surface area (Å²) in [6.45, 7) is 4.16. The highest BCUT2D eigenvalue weighted by atomic mass is 16.1. The molecule has 0 unspecified atom stereocenters. The highest BCUT2D eigenvalue weighted by molar-refractivity contribution is 5.94. The standard InChI is InChI=1S/C18H20N4O/c1-21-11-18(12-21)6-8-22(9-7-18)16-13-4-2-3-5-15(13)20-17(23)14(16)10-19/h2-5H,6-9,11-12H2,1H3,(H,20,23). The Morgan fingerprint density at radius 3 is 2.57 bits per heavy atom. The molecule has 2 aromatic rings. The lowest BCUT2D eigenvalue weighted by molar-refractivity contribution is 0.00134. The van der Waals surface area contributed by atoms with Crippen molar-refractivity contribution < 1.29 is 0 Å². The van der Waals surface area contributed by atoms with Crippen molar-refractivity contribution in [3.8, 4) is 6.07 Å². The van der Waals surface area contributed by atoms with Gasteiger partial charge in [0.05, 0.1) is 11.2 Å². The molecule has 2 aliphatic rings. The van der Waals surface area contributed by atoms with Crippen molar-refractivity contribution in [2.24, 2.45) is 5.41 Å². The molecule has 1 spiro atoms. The van der Waals surface area contributed by atoms with Gasteiger partial charge >= 0.3 is 0 Å². The molecule has 0 amide bonds. The average Bonchev–Trinajstić information content (AvgIpc) is 2.53. The van der Waals surface area contributed by atoms with Gasteiger partial charge in [0.1, 0.15) is 11.6 Å². The summed E-state index contributed by atoms with van der Waals surface area (Å²) in [5.74, 6) is 0. The zero-order valence-electron chi connectivity index (χ0n) is 13.3. The maximum Gasteiger partial charge on any atom is 0.268 e. The van der Waals surface area contributed by atoms with Crippen molar-refractivity contribution in [1.29, 1.82) is 5.26 Å². The first-order chi connectivity index (χ1) is 11.1. The van der Waals surface area contributed by atoms with Gasteiger partial charge in [-0.3, -0.25) is 4.79 Å². The van der Waals surface area contributed by atoms with E-state index in [9.17, 15) is 10.1 Å². The van der Waals surface area contributed by atoms with Crippen LogP contribution in [0.1, 0.15) is 18.4 Å². The van der Waals surface area contributed by atoms with Crippen molar-refractivity contribution in [2.45, 2.75) is 12.8 Å². The number of pyridine rings is 1. The monoisotopic (exact) mass is 308 g/mol. The number of anilines is 1. The SMILES string of the molecule is CN1CC2(CCN(c3c(C#N)c(=O)[nH]c4ccccc34)CC2)C1. The highest BCUT2D eigenvalue weighted by Crippen LogP contribution is 2.41. The molecule has 0 radical (unpaired) electrons. The van der Waals surface area contributed by atoms with Crippen molar-refractivity contribution in [1.82, 2.24) is 9.88 Å².